The molecule has 1 unspecified atom stereocenters. The van der Waals surface area contributed by atoms with E-state index in [1.807, 2.05) is 12.2 Å². The van der Waals surface area contributed by atoms with E-state index in [0.29, 0.717) is 19.3 Å². The van der Waals surface area contributed by atoms with Gasteiger partial charge in [0.05, 0.1) is 0 Å². The number of esters is 3. The van der Waals surface area contributed by atoms with Crippen LogP contribution in [0.3, 0.4) is 0 Å². The number of carbonyl (C=O) groups excluding carboxylic acids is 3. The van der Waals surface area contributed by atoms with Gasteiger partial charge in [-0.2, -0.15) is 0 Å². The molecule has 0 spiro atoms. The van der Waals surface area contributed by atoms with Crippen LogP contribution in [-0.2, 0) is 28.6 Å². The summed E-state index contributed by atoms with van der Waals surface area (Å²) in [6, 6.07) is 0. The molecule has 0 amide bonds. The summed E-state index contributed by atoms with van der Waals surface area (Å²) in [6.07, 6.45) is 91.5. The second-order valence-electron chi connectivity index (χ2n) is 20.2. The van der Waals surface area contributed by atoms with Crippen LogP contribution in [0.4, 0.5) is 0 Å². The molecule has 0 N–H and O–H groups in total. The van der Waals surface area contributed by atoms with Gasteiger partial charge < -0.3 is 14.2 Å². The molecule has 0 fully saturated rings. The van der Waals surface area contributed by atoms with Gasteiger partial charge in [0.1, 0.15) is 13.2 Å². The van der Waals surface area contributed by atoms with Crippen molar-refractivity contribution in [1.82, 2.24) is 0 Å². The van der Waals surface area contributed by atoms with Gasteiger partial charge in [0, 0.05) is 19.3 Å². The normalized spacial score (nSPS) is 13.1. The Morgan fingerprint density at radius 1 is 0.273 bits per heavy atom. The number of unbranched alkanes of at least 4 members (excludes halogenated alkanes) is 20. The van der Waals surface area contributed by atoms with Crippen LogP contribution in [0.25, 0.3) is 0 Å². The molecule has 0 saturated heterocycles. The van der Waals surface area contributed by atoms with Gasteiger partial charge in [-0.05, 0) is 109 Å². The summed E-state index contributed by atoms with van der Waals surface area (Å²) in [5.41, 5.74) is 0. The fraction of sp³-hybridized carbons (Fsp3) is 0.620. The highest BCUT2D eigenvalue weighted by Gasteiger charge is 2.19. The third kappa shape index (κ3) is 62.0. The molecule has 434 valence electrons. The molecule has 0 bridgehead atoms. The molecule has 0 aromatic carbocycles. The molecule has 0 saturated carbocycles. The standard InChI is InChI=1S/C71H114O6/c1-4-7-10-13-16-19-22-25-27-29-30-31-32-33-34-35-36-37-38-39-40-42-43-46-49-52-55-58-61-64-70(73)76-67-68(66-75-69(72)63-60-57-54-51-48-45-24-21-18-15-12-9-6-3)77-71(74)65-62-59-56-53-50-47-44-41-28-26-23-20-17-14-11-8-5-2/h7,9-10,12,16,18-19,21,25,27,30-31,33-34,36-37,39-40,43,45-46,48,54,57,68H,4-6,8,11,13-15,17,20,22-24,26,28-29,32,35,38,41-42,44,47,49-53,55-56,58-67H2,1-3H3/b10-7-,12-9-,19-16-,21-18-,27-25-,31-30-,34-33-,37-36-,40-39-,46-43-,48-45-,57-54-. The summed E-state index contributed by atoms with van der Waals surface area (Å²) in [6.45, 7) is 6.33. The van der Waals surface area contributed by atoms with E-state index in [4.69, 9.17) is 14.2 Å². The molecule has 0 aliphatic rings. The van der Waals surface area contributed by atoms with Crippen molar-refractivity contribution in [2.75, 3.05) is 13.2 Å². The number of rotatable bonds is 55. The topological polar surface area (TPSA) is 78.9 Å². The number of carbonyl (C=O) groups is 3. The molecule has 0 aromatic heterocycles. The van der Waals surface area contributed by atoms with Crippen LogP contribution in [0.1, 0.15) is 265 Å². The molecule has 0 heterocycles. The van der Waals surface area contributed by atoms with E-state index in [1.165, 1.54) is 89.9 Å². The number of ether oxygens (including phenoxy) is 3. The number of hydrogen-bond acceptors (Lipinski definition) is 6. The molecule has 0 aliphatic heterocycles. The Hall–Kier alpha value is -4.71. The Morgan fingerprint density at radius 2 is 0.532 bits per heavy atom. The fourth-order valence-corrected chi connectivity index (χ4v) is 8.24. The van der Waals surface area contributed by atoms with Crippen LogP contribution in [0.15, 0.2) is 146 Å². The summed E-state index contributed by atoms with van der Waals surface area (Å²) in [4.78, 5) is 38.2. The first kappa shape index (κ1) is 72.3. The van der Waals surface area contributed by atoms with E-state index in [0.717, 1.165) is 128 Å². The van der Waals surface area contributed by atoms with Crippen molar-refractivity contribution in [3.05, 3.63) is 146 Å². The molecule has 0 aromatic rings. The molecule has 77 heavy (non-hydrogen) atoms. The summed E-state index contributed by atoms with van der Waals surface area (Å²) >= 11 is 0. The summed E-state index contributed by atoms with van der Waals surface area (Å²) in [5.74, 6) is -1.02. The Kier molecular flexibility index (Phi) is 59.9. The molecule has 1 atom stereocenters. The van der Waals surface area contributed by atoms with Crippen molar-refractivity contribution < 1.29 is 28.6 Å². The summed E-state index contributed by atoms with van der Waals surface area (Å²) < 4.78 is 16.8. The lowest BCUT2D eigenvalue weighted by Gasteiger charge is -2.18. The van der Waals surface area contributed by atoms with Gasteiger partial charge in [-0.3, -0.25) is 14.4 Å². The monoisotopic (exact) mass is 1060 g/mol. The second-order valence-corrected chi connectivity index (χ2v) is 20.2. The van der Waals surface area contributed by atoms with Crippen molar-refractivity contribution in [2.45, 2.75) is 271 Å². The predicted molar refractivity (Wildman–Crippen MR) is 334 cm³/mol. The van der Waals surface area contributed by atoms with E-state index in [9.17, 15) is 14.4 Å². The zero-order valence-corrected chi connectivity index (χ0v) is 49.7. The second kappa shape index (κ2) is 63.8. The smallest absolute Gasteiger partial charge is 0.306 e. The average Bonchev–Trinajstić information content (AvgIpc) is 3.43. The van der Waals surface area contributed by atoms with E-state index in [-0.39, 0.29) is 37.5 Å². The minimum absolute atomic E-state index is 0.117. The summed E-state index contributed by atoms with van der Waals surface area (Å²) in [5, 5.41) is 0. The molecular weight excluding hydrogens is 949 g/mol. The maximum atomic E-state index is 12.9. The predicted octanol–water partition coefficient (Wildman–Crippen LogP) is 21.5. The van der Waals surface area contributed by atoms with Crippen molar-refractivity contribution in [3.63, 3.8) is 0 Å². The number of allylic oxidation sites excluding steroid dienone is 24. The van der Waals surface area contributed by atoms with E-state index < -0.39 is 6.10 Å². The highest BCUT2D eigenvalue weighted by molar-refractivity contribution is 5.71. The average molecular weight is 1060 g/mol. The highest BCUT2D eigenvalue weighted by atomic mass is 16.6. The van der Waals surface area contributed by atoms with Crippen LogP contribution < -0.4 is 0 Å². The van der Waals surface area contributed by atoms with E-state index >= 15 is 0 Å². The van der Waals surface area contributed by atoms with Crippen LogP contribution in [0.5, 0.6) is 0 Å². The fourth-order valence-electron chi connectivity index (χ4n) is 8.24. The Morgan fingerprint density at radius 3 is 0.870 bits per heavy atom. The molecule has 6 heteroatoms. The van der Waals surface area contributed by atoms with Gasteiger partial charge in [0.2, 0.25) is 0 Å². The number of hydrogen-bond donors (Lipinski definition) is 0. The molecule has 0 rings (SSSR count). The minimum Gasteiger partial charge on any atom is -0.462 e. The maximum absolute atomic E-state index is 12.9. The highest BCUT2D eigenvalue weighted by Crippen LogP contribution is 2.15. The molecule has 0 aliphatic carbocycles. The third-order valence-corrected chi connectivity index (χ3v) is 12.9. The van der Waals surface area contributed by atoms with E-state index in [1.54, 1.807) is 0 Å². The molecule has 0 radical (unpaired) electrons. The van der Waals surface area contributed by atoms with Crippen molar-refractivity contribution in [1.29, 1.82) is 0 Å². The molecule has 6 nitrogen and oxygen atoms in total. The largest absolute Gasteiger partial charge is 0.462 e. The van der Waals surface area contributed by atoms with Gasteiger partial charge in [-0.25, -0.2) is 0 Å². The van der Waals surface area contributed by atoms with Gasteiger partial charge in [-0.1, -0.05) is 282 Å². The lowest BCUT2D eigenvalue weighted by atomic mass is 10.0. The third-order valence-electron chi connectivity index (χ3n) is 12.9. The van der Waals surface area contributed by atoms with Gasteiger partial charge in [0.25, 0.3) is 0 Å². The van der Waals surface area contributed by atoms with Crippen LogP contribution in [0.2, 0.25) is 0 Å². The zero-order valence-electron chi connectivity index (χ0n) is 49.7. The lowest BCUT2D eigenvalue weighted by Crippen LogP contribution is -2.30. The maximum Gasteiger partial charge on any atom is 0.306 e. The quantitative estimate of drug-likeness (QED) is 0.0261. The van der Waals surface area contributed by atoms with E-state index in [2.05, 4.69) is 154 Å². The first-order chi connectivity index (χ1) is 38.0. The van der Waals surface area contributed by atoms with Crippen LogP contribution in [-0.4, -0.2) is 37.2 Å². The van der Waals surface area contributed by atoms with Crippen molar-refractivity contribution in [3.8, 4) is 0 Å². The van der Waals surface area contributed by atoms with Gasteiger partial charge in [-0.15, -0.1) is 0 Å². The Bertz CT molecular complexity index is 1700. The SMILES string of the molecule is CC/C=C\C/C=C\C/C=C\C/C=C\C/C=C\C/C=C\C/C=C\C/C=C\CCCCCCC(=O)OCC(COC(=O)CC/C=C\C/C=C\C/C=C\C/C=C\CC)OC(=O)CCCCCCCCCCCCCCCCCCC. The molecular formula is C71H114O6. The van der Waals surface area contributed by atoms with Gasteiger partial charge >= 0.3 is 17.9 Å². The first-order valence-corrected chi connectivity index (χ1v) is 31.3. The van der Waals surface area contributed by atoms with Crippen molar-refractivity contribution in [2.24, 2.45) is 0 Å². The first-order valence-electron chi connectivity index (χ1n) is 31.3. The van der Waals surface area contributed by atoms with Gasteiger partial charge in [0.15, 0.2) is 6.10 Å². The zero-order chi connectivity index (χ0) is 55.7. The van der Waals surface area contributed by atoms with Crippen LogP contribution >= 0.6 is 0 Å². The minimum atomic E-state index is -0.822. The Labute approximate surface area is 474 Å². The Balaban J connectivity index is 4.42. The lowest BCUT2D eigenvalue weighted by molar-refractivity contribution is -0.166. The van der Waals surface area contributed by atoms with Crippen LogP contribution in [0, 0.1) is 0 Å². The van der Waals surface area contributed by atoms with Crippen molar-refractivity contribution >= 4 is 17.9 Å². The summed E-state index contributed by atoms with van der Waals surface area (Å²) in [7, 11) is 0.